The van der Waals surface area contributed by atoms with Crippen molar-refractivity contribution in [3.8, 4) is 0 Å². The fraction of sp³-hybridized carbons (Fsp3) is 1.00. The summed E-state index contributed by atoms with van der Waals surface area (Å²) in [5.74, 6) is 0. The molecule has 0 aromatic carbocycles. The van der Waals surface area contributed by atoms with Gasteiger partial charge in [0.15, 0.2) is 0 Å². The minimum atomic E-state index is -2.11. The molecule has 0 aliphatic heterocycles. The molecule has 0 aromatic rings. The second kappa shape index (κ2) is 3.63. The molecule has 0 amide bonds. The van der Waals surface area contributed by atoms with Gasteiger partial charge >= 0.3 is 0 Å². The van der Waals surface area contributed by atoms with E-state index in [4.69, 9.17) is 39.2 Å². The van der Waals surface area contributed by atoms with E-state index in [1.54, 1.807) is 0 Å². The molecule has 0 saturated carbocycles. The SMILES string of the molecule is CCO[Si](C)(C)C(Cl)(Cl)Cl. The molecule has 0 aromatic heterocycles. The summed E-state index contributed by atoms with van der Waals surface area (Å²) >= 11 is 17.0. The minimum Gasteiger partial charge on any atom is -0.413 e. The maximum Gasteiger partial charge on any atom is 0.242 e. The molecule has 0 atom stereocenters. The van der Waals surface area contributed by atoms with E-state index in [1.165, 1.54) is 0 Å². The molecule has 0 aliphatic rings. The van der Waals surface area contributed by atoms with Gasteiger partial charge in [0.1, 0.15) is 0 Å². The monoisotopic (exact) mass is 220 g/mol. The lowest BCUT2D eigenvalue weighted by molar-refractivity contribution is 0.329. The Morgan fingerprint density at radius 1 is 1.30 bits per heavy atom. The highest BCUT2D eigenvalue weighted by Crippen LogP contribution is 2.37. The first kappa shape index (κ1) is 11.0. The Hall–Kier alpha value is 1.05. The van der Waals surface area contributed by atoms with Gasteiger partial charge < -0.3 is 4.43 Å². The molecular weight excluding hydrogens is 210 g/mol. The number of hydrogen-bond donors (Lipinski definition) is 0. The van der Waals surface area contributed by atoms with Crippen molar-refractivity contribution < 1.29 is 4.43 Å². The summed E-state index contributed by atoms with van der Waals surface area (Å²) in [6.07, 6.45) is 0. The molecular formula is C5H11Cl3OSi. The number of alkyl halides is 3. The molecule has 0 spiro atoms. The van der Waals surface area contributed by atoms with E-state index in [9.17, 15) is 0 Å². The van der Waals surface area contributed by atoms with E-state index in [1.807, 2.05) is 20.0 Å². The van der Waals surface area contributed by atoms with Gasteiger partial charge in [-0.15, -0.1) is 0 Å². The Morgan fingerprint density at radius 3 is 1.80 bits per heavy atom. The third kappa shape index (κ3) is 2.97. The topological polar surface area (TPSA) is 9.23 Å². The first-order chi connectivity index (χ1) is 4.31. The highest BCUT2D eigenvalue weighted by molar-refractivity contribution is 7.00. The Balaban J connectivity index is 4.10. The molecule has 0 N–H and O–H groups in total. The van der Waals surface area contributed by atoms with Crippen LogP contribution < -0.4 is 0 Å². The van der Waals surface area contributed by atoms with E-state index in [0.717, 1.165) is 0 Å². The van der Waals surface area contributed by atoms with Crippen molar-refractivity contribution in [2.24, 2.45) is 0 Å². The van der Waals surface area contributed by atoms with Crippen molar-refractivity contribution in [1.29, 1.82) is 0 Å². The predicted molar refractivity (Wildman–Crippen MR) is 49.4 cm³/mol. The summed E-state index contributed by atoms with van der Waals surface area (Å²) in [4.78, 5) is 0. The molecule has 0 heterocycles. The van der Waals surface area contributed by atoms with Gasteiger partial charge in [-0.2, -0.15) is 0 Å². The molecule has 10 heavy (non-hydrogen) atoms. The molecule has 62 valence electrons. The van der Waals surface area contributed by atoms with Gasteiger partial charge in [-0.1, -0.05) is 34.8 Å². The summed E-state index contributed by atoms with van der Waals surface area (Å²) in [6, 6.07) is 0. The van der Waals surface area contributed by atoms with Crippen LogP contribution in [-0.4, -0.2) is 18.3 Å². The van der Waals surface area contributed by atoms with Crippen LogP contribution in [0.25, 0.3) is 0 Å². The molecule has 0 saturated heterocycles. The summed E-state index contributed by atoms with van der Waals surface area (Å²) in [5, 5.41) is 0. The van der Waals surface area contributed by atoms with Crippen molar-refractivity contribution in [1.82, 2.24) is 0 Å². The molecule has 0 fully saturated rings. The quantitative estimate of drug-likeness (QED) is 0.514. The lowest BCUT2D eigenvalue weighted by atomic mass is 10.9. The van der Waals surface area contributed by atoms with Gasteiger partial charge in [0.2, 0.25) is 11.7 Å². The summed E-state index contributed by atoms with van der Waals surface area (Å²) in [6.45, 7) is 6.26. The molecule has 0 radical (unpaired) electrons. The molecule has 0 rings (SSSR count). The first-order valence-corrected chi connectivity index (χ1v) is 7.06. The lowest BCUT2D eigenvalue weighted by Gasteiger charge is -2.28. The normalized spacial score (nSPS) is 13.8. The number of halogens is 3. The Morgan fingerprint density at radius 2 is 1.70 bits per heavy atom. The largest absolute Gasteiger partial charge is 0.413 e. The van der Waals surface area contributed by atoms with Crippen LogP contribution in [0.4, 0.5) is 0 Å². The van der Waals surface area contributed by atoms with E-state index in [0.29, 0.717) is 6.61 Å². The second-order valence-corrected chi connectivity index (χ2v) is 9.73. The van der Waals surface area contributed by atoms with Crippen LogP contribution in [0, 0.1) is 0 Å². The molecule has 0 bridgehead atoms. The summed E-state index contributed by atoms with van der Waals surface area (Å²) < 4.78 is 4.12. The highest BCUT2D eigenvalue weighted by atomic mass is 35.6. The Bertz CT molecular complexity index is 110. The number of hydrogen-bond acceptors (Lipinski definition) is 1. The molecule has 1 nitrogen and oxygen atoms in total. The van der Waals surface area contributed by atoms with Gasteiger partial charge in [0, 0.05) is 6.61 Å². The van der Waals surface area contributed by atoms with Gasteiger partial charge in [-0.3, -0.25) is 0 Å². The maximum atomic E-state index is 5.67. The summed E-state index contributed by atoms with van der Waals surface area (Å²) in [7, 11) is -2.11. The fourth-order valence-corrected chi connectivity index (χ4v) is 1.82. The highest BCUT2D eigenvalue weighted by Gasteiger charge is 2.44. The van der Waals surface area contributed by atoms with Gasteiger partial charge in [-0.05, 0) is 20.0 Å². The van der Waals surface area contributed by atoms with Crippen molar-refractivity contribution in [2.75, 3.05) is 6.61 Å². The Kier molecular flexibility index (Phi) is 4.01. The van der Waals surface area contributed by atoms with Crippen LogP contribution in [-0.2, 0) is 4.43 Å². The van der Waals surface area contributed by atoms with Gasteiger partial charge in [0.05, 0.1) is 0 Å². The van der Waals surface area contributed by atoms with Crippen LogP contribution in [0.1, 0.15) is 6.92 Å². The average molecular weight is 222 g/mol. The van der Waals surface area contributed by atoms with Crippen LogP contribution in [0.2, 0.25) is 13.1 Å². The second-order valence-electron chi connectivity index (χ2n) is 2.44. The zero-order chi connectivity index (χ0) is 8.41. The molecule has 0 aliphatic carbocycles. The minimum absolute atomic E-state index is 0.604. The zero-order valence-electron chi connectivity index (χ0n) is 6.25. The van der Waals surface area contributed by atoms with E-state index >= 15 is 0 Å². The van der Waals surface area contributed by atoms with Crippen LogP contribution >= 0.6 is 34.8 Å². The lowest BCUT2D eigenvalue weighted by Crippen LogP contribution is -2.45. The van der Waals surface area contributed by atoms with E-state index < -0.39 is 11.7 Å². The predicted octanol–water partition coefficient (Wildman–Crippen LogP) is 3.14. The smallest absolute Gasteiger partial charge is 0.242 e. The standard InChI is InChI=1S/C5H11Cl3OSi/c1-4-9-10(2,3)5(6,7)8/h4H2,1-3H3. The first-order valence-electron chi connectivity index (χ1n) is 3.02. The van der Waals surface area contributed by atoms with Gasteiger partial charge in [-0.25, -0.2) is 0 Å². The van der Waals surface area contributed by atoms with Crippen LogP contribution in [0.3, 0.4) is 0 Å². The third-order valence-corrected chi connectivity index (χ3v) is 7.66. The van der Waals surface area contributed by atoms with Crippen LogP contribution in [0.5, 0.6) is 0 Å². The molecule has 5 heteroatoms. The fourth-order valence-electron chi connectivity index (χ4n) is 0.443. The number of rotatable bonds is 2. The van der Waals surface area contributed by atoms with Gasteiger partial charge in [0.25, 0.3) is 0 Å². The summed E-state index contributed by atoms with van der Waals surface area (Å²) in [5.41, 5.74) is 0. The molecule has 0 unspecified atom stereocenters. The van der Waals surface area contributed by atoms with Crippen molar-refractivity contribution >= 4 is 43.1 Å². The average Bonchev–Trinajstić information content (AvgIpc) is 1.61. The van der Waals surface area contributed by atoms with Crippen molar-refractivity contribution in [3.63, 3.8) is 0 Å². The third-order valence-electron chi connectivity index (χ3n) is 1.19. The van der Waals surface area contributed by atoms with Crippen molar-refractivity contribution in [2.45, 2.75) is 23.4 Å². The van der Waals surface area contributed by atoms with Crippen LogP contribution in [0.15, 0.2) is 0 Å². The Labute approximate surface area is 77.7 Å². The van der Waals surface area contributed by atoms with E-state index in [2.05, 4.69) is 0 Å². The maximum absolute atomic E-state index is 5.67. The zero-order valence-corrected chi connectivity index (χ0v) is 9.52. The van der Waals surface area contributed by atoms with Crippen molar-refractivity contribution in [3.05, 3.63) is 0 Å². The van der Waals surface area contributed by atoms with E-state index in [-0.39, 0.29) is 0 Å².